The lowest BCUT2D eigenvalue weighted by molar-refractivity contribution is -0.235. The molecule has 1 N–H and O–H groups in total. The summed E-state index contributed by atoms with van der Waals surface area (Å²) in [4.78, 5) is 0. The number of hydrogen-bond donors (Lipinski definition) is 1. The van der Waals surface area contributed by atoms with Gasteiger partial charge in [-0.15, -0.1) is 0 Å². The van der Waals surface area contributed by atoms with Gasteiger partial charge in [-0.25, -0.2) is 0 Å². The molecule has 4 aliphatic rings. The first-order valence-corrected chi connectivity index (χ1v) is 10.2. The largest absolute Gasteiger partial charge is 0.497 e. The molecule has 1 aliphatic heterocycles. The van der Waals surface area contributed by atoms with E-state index in [0.29, 0.717) is 25.0 Å². The highest BCUT2D eigenvalue weighted by Gasteiger charge is 2.59. The maximum atomic E-state index is 11.1. The molecule has 0 bridgehead atoms. The van der Waals surface area contributed by atoms with E-state index >= 15 is 0 Å². The molecule has 3 fully saturated rings. The Hall–Kier alpha value is -1.10. The summed E-state index contributed by atoms with van der Waals surface area (Å²) in [7, 11) is 1.73. The van der Waals surface area contributed by atoms with Crippen molar-refractivity contribution in [3.8, 4) is 5.75 Å². The van der Waals surface area contributed by atoms with Crippen LogP contribution in [0.3, 0.4) is 0 Å². The van der Waals surface area contributed by atoms with E-state index in [1.54, 1.807) is 7.11 Å². The van der Waals surface area contributed by atoms with Gasteiger partial charge >= 0.3 is 0 Å². The van der Waals surface area contributed by atoms with Crippen LogP contribution >= 0.6 is 0 Å². The van der Waals surface area contributed by atoms with Crippen LogP contribution in [0, 0.1) is 17.3 Å². The monoisotopic (exact) mass is 358 g/mol. The van der Waals surface area contributed by atoms with E-state index < -0.39 is 5.79 Å². The van der Waals surface area contributed by atoms with Crippen molar-refractivity contribution in [2.75, 3.05) is 20.3 Å². The van der Waals surface area contributed by atoms with E-state index in [2.05, 4.69) is 25.1 Å². The second kappa shape index (κ2) is 5.95. The van der Waals surface area contributed by atoms with Gasteiger partial charge in [0.15, 0.2) is 5.79 Å². The molecule has 1 aromatic carbocycles. The fraction of sp³-hybridized carbons (Fsp3) is 0.727. The molecule has 5 atom stereocenters. The second-order valence-corrected chi connectivity index (χ2v) is 9.04. The lowest BCUT2D eigenvalue weighted by Crippen LogP contribution is -2.57. The van der Waals surface area contributed by atoms with Crippen LogP contribution in [0.2, 0.25) is 0 Å². The molecular weight excluding hydrogens is 328 g/mol. The third kappa shape index (κ3) is 2.38. The fourth-order valence-electron chi connectivity index (χ4n) is 6.63. The van der Waals surface area contributed by atoms with Gasteiger partial charge in [0.25, 0.3) is 0 Å². The standard InChI is InChI=1S/C22H30O4/c1-21-7-8-22(25-9-10-26-22)13-19(21)20(23)12-17-16-5-4-15(24-2)11-14(16)3-6-18(17)21/h4-5,11,17-20,23H,3,6-10,12-13H2,1-2H3/t17-,18-,19-,20+,21+/m0/s1. The molecule has 1 saturated heterocycles. The Morgan fingerprint density at radius 1 is 1.15 bits per heavy atom. The van der Waals surface area contributed by atoms with Gasteiger partial charge in [-0.3, -0.25) is 0 Å². The number of fused-ring (bicyclic) bond motifs is 5. The van der Waals surface area contributed by atoms with Crippen molar-refractivity contribution in [2.45, 2.75) is 63.3 Å². The predicted octanol–water partition coefficient (Wildman–Crippen LogP) is 3.66. The van der Waals surface area contributed by atoms with Crippen LogP contribution in [0.4, 0.5) is 0 Å². The first-order valence-electron chi connectivity index (χ1n) is 10.2. The van der Waals surface area contributed by atoms with Gasteiger partial charge in [0.05, 0.1) is 26.4 Å². The van der Waals surface area contributed by atoms with Crippen LogP contribution < -0.4 is 4.74 Å². The SMILES string of the molecule is COc1ccc2c(c1)CC[C@H]1[C@H]2C[C@@H](O)[C@@H]2CC3(CC[C@@]21C)OCCO3. The van der Waals surface area contributed by atoms with Crippen molar-refractivity contribution < 1.29 is 19.3 Å². The lowest BCUT2D eigenvalue weighted by Gasteiger charge is -2.59. The van der Waals surface area contributed by atoms with Gasteiger partial charge in [0.1, 0.15) is 5.75 Å². The number of rotatable bonds is 1. The highest BCUT2D eigenvalue weighted by atomic mass is 16.7. The molecule has 0 amide bonds. The summed E-state index contributed by atoms with van der Waals surface area (Å²) in [5, 5.41) is 11.1. The highest BCUT2D eigenvalue weighted by Crippen LogP contribution is 2.63. The van der Waals surface area contributed by atoms with E-state index in [-0.39, 0.29) is 17.4 Å². The maximum Gasteiger partial charge on any atom is 0.168 e. The first-order chi connectivity index (χ1) is 12.5. The van der Waals surface area contributed by atoms with E-state index in [4.69, 9.17) is 14.2 Å². The van der Waals surface area contributed by atoms with E-state index in [1.807, 2.05) is 0 Å². The number of aryl methyl sites for hydroxylation is 1. The van der Waals surface area contributed by atoms with Gasteiger partial charge in [-0.05, 0) is 72.1 Å². The summed E-state index contributed by atoms with van der Waals surface area (Å²) in [6, 6.07) is 6.52. The first kappa shape index (κ1) is 17.0. The zero-order chi connectivity index (χ0) is 17.9. The molecule has 1 heterocycles. The third-order valence-electron chi connectivity index (χ3n) is 8.00. The minimum Gasteiger partial charge on any atom is -0.497 e. The number of ether oxygens (including phenoxy) is 3. The number of aliphatic hydroxyl groups excluding tert-OH is 1. The molecule has 26 heavy (non-hydrogen) atoms. The van der Waals surface area contributed by atoms with Gasteiger partial charge in [-0.1, -0.05) is 13.0 Å². The van der Waals surface area contributed by atoms with Crippen LogP contribution in [-0.2, 0) is 15.9 Å². The molecule has 142 valence electrons. The average Bonchev–Trinajstić information content (AvgIpc) is 3.11. The summed E-state index contributed by atoms with van der Waals surface area (Å²) in [5.74, 6) is 1.89. The van der Waals surface area contributed by atoms with Crippen LogP contribution in [-0.4, -0.2) is 37.3 Å². The highest BCUT2D eigenvalue weighted by molar-refractivity contribution is 5.41. The van der Waals surface area contributed by atoms with Gasteiger partial charge in [0, 0.05) is 12.8 Å². The molecule has 0 aromatic heterocycles. The minimum absolute atomic E-state index is 0.167. The quantitative estimate of drug-likeness (QED) is 0.832. The number of hydrogen-bond acceptors (Lipinski definition) is 4. The summed E-state index contributed by atoms with van der Waals surface area (Å²) in [6.45, 7) is 3.82. The van der Waals surface area contributed by atoms with Crippen molar-refractivity contribution >= 4 is 0 Å². The molecule has 1 spiro atoms. The number of benzene rings is 1. The van der Waals surface area contributed by atoms with Crippen molar-refractivity contribution in [3.05, 3.63) is 29.3 Å². The Balaban J connectivity index is 1.48. The van der Waals surface area contributed by atoms with Crippen molar-refractivity contribution in [3.63, 3.8) is 0 Å². The molecule has 4 heteroatoms. The average molecular weight is 358 g/mol. The van der Waals surface area contributed by atoms with Crippen LogP contribution in [0.1, 0.15) is 56.1 Å². The zero-order valence-corrected chi connectivity index (χ0v) is 15.9. The second-order valence-electron chi connectivity index (χ2n) is 9.04. The lowest BCUT2D eigenvalue weighted by atomic mass is 9.48. The number of aliphatic hydroxyl groups is 1. The molecule has 4 nitrogen and oxygen atoms in total. The van der Waals surface area contributed by atoms with Crippen LogP contribution in [0.5, 0.6) is 5.75 Å². The van der Waals surface area contributed by atoms with Gasteiger partial charge < -0.3 is 19.3 Å². The van der Waals surface area contributed by atoms with Crippen molar-refractivity contribution in [1.82, 2.24) is 0 Å². The Morgan fingerprint density at radius 2 is 1.96 bits per heavy atom. The summed E-state index contributed by atoms with van der Waals surface area (Å²) < 4.78 is 17.4. The fourth-order valence-corrected chi connectivity index (χ4v) is 6.63. The summed E-state index contributed by atoms with van der Waals surface area (Å²) in [5.41, 5.74) is 3.02. The minimum atomic E-state index is -0.419. The van der Waals surface area contributed by atoms with Crippen LogP contribution in [0.15, 0.2) is 18.2 Å². The Labute approximate surface area is 155 Å². The maximum absolute atomic E-state index is 11.1. The Morgan fingerprint density at radius 3 is 2.73 bits per heavy atom. The van der Waals surface area contributed by atoms with E-state index in [9.17, 15) is 5.11 Å². The van der Waals surface area contributed by atoms with Crippen LogP contribution in [0.25, 0.3) is 0 Å². The molecular formula is C22H30O4. The van der Waals surface area contributed by atoms with Gasteiger partial charge in [0.2, 0.25) is 0 Å². The zero-order valence-electron chi connectivity index (χ0n) is 15.9. The smallest absolute Gasteiger partial charge is 0.168 e. The molecule has 0 radical (unpaired) electrons. The topological polar surface area (TPSA) is 47.9 Å². The van der Waals surface area contributed by atoms with Gasteiger partial charge in [-0.2, -0.15) is 0 Å². The molecule has 3 aliphatic carbocycles. The van der Waals surface area contributed by atoms with E-state index in [0.717, 1.165) is 37.9 Å². The third-order valence-corrected chi connectivity index (χ3v) is 8.00. The number of methoxy groups -OCH3 is 1. The Bertz CT molecular complexity index is 695. The molecule has 2 saturated carbocycles. The van der Waals surface area contributed by atoms with Crippen molar-refractivity contribution in [1.29, 1.82) is 0 Å². The summed E-state index contributed by atoms with van der Waals surface area (Å²) >= 11 is 0. The van der Waals surface area contributed by atoms with Crippen molar-refractivity contribution in [2.24, 2.45) is 17.3 Å². The molecule has 1 aromatic rings. The van der Waals surface area contributed by atoms with E-state index in [1.165, 1.54) is 17.5 Å². The normalized spacial score (nSPS) is 40.6. The Kier molecular flexibility index (Phi) is 3.90. The predicted molar refractivity (Wildman–Crippen MR) is 98.3 cm³/mol. The molecule has 5 rings (SSSR count). The summed E-state index contributed by atoms with van der Waals surface area (Å²) in [6.07, 6.45) is 5.80. The molecule has 0 unspecified atom stereocenters.